The lowest BCUT2D eigenvalue weighted by atomic mass is 9.96. The summed E-state index contributed by atoms with van der Waals surface area (Å²) in [5.41, 5.74) is 7.06. The summed E-state index contributed by atoms with van der Waals surface area (Å²) in [5, 5.41) is 13.0. The van der Waals surface area contributed by atoms with E-state index >= 15 is 0 Å². The summed E-state index contributed by atoms with van der Waals surface area (Å²) in [6, 6.07) is 2.25. The quantitative estimate of drug-likeness (QED) is 0.866. The number of fused-ring (bicyclic) bond motifs is 1. The number of likely N-dealkylation sites (tertiary alicyclic amines) is 1. The summed E-state index contributed by atoms with van der Waals surface area (Å²) < 4.78 is 0. The Morgan fingerprint density at radius 3 is 2.87 bits per heavy atom. The van der Waals surface area contributed by atoms with Gasteiger partial charge in [0.1, 0.15) is 11.1 Å². The second-order valence-corrected chi connectivity index (χ2v) is 7.30. The summed E-state index contributed by atoms with van der Waals surface area (Å²) in [6.45, 7) is 1.47. The van der Waals surface area contributed by atoms with Crippen LogP contribution in [0.5, 0.6) is 0 Å². The number of hydrogen-bond donors (Lipinski definition) is 2. The van der Waals surface area contributed by atoms with E-state index in [0.29, 0.717) is 30.1 Å². The molecule has 0 radical (unpaired) electrons. The van der Waals surface area contributed by atoms with E-state index in [2.05, 4.69) is 11.4 Å². The molecule has 1 aromatic rings. The van der Waals surface area contributed by atoms with Gasteiger partial charge in [0.05, 0.1) is 18.0 Å². The molecule has 0 saturated carbocycles. The number of anilines is 1. The molecule has 2 aliphatic rings. The number of amides is 2. The molecule has 0 spiro atoms. The molecule has 1 saturated heterocycles. The molecule has 2 amide bonds. The minimum atomic E-state index is -0.300. The van der Waals surface area contributed by atoms with E-state index in [-0.39, 0.29) is 24.3 Å². The van der Waals surface area contributed by atoms with Crippen molar-refractivity contribution in [2.45, 2.75) is 32.1 Å². The van der Waals surface area contributed by atoms with Gasteiger partial charge in [-0.1, -0.05) is 0 Å². The number of aryl methyl sites for hydroxylation is 1. The van der Waals surface area contributed by atoms with E-state index in [4.69, 9.17) is 5.73 Å². The molecule has 3 rings (SSSR count). The van der Waals surface area contributed by atoms with Crippen LogP contribution in [0.4, 0.5) is 5.00 Å². The molecule has 3 N–H and O–H groups in total. The van der Waals surface area contributed by atoms with Gasteiger partial charge in [-0.25, -0.2) is 0 Å². The molecule has 2 heterocycles. The highest BCUT2D eigenvalue weighted by Crippen LogP contribution is 2.37. The van der Waals surface area contributed by atoms with Gasteiger partial charge in [0.15, 0.2) is 0 Å². The minimum Gasteiger partial charge on any atom is -0.369 e. The summed E-state index contributed by atoms with van der Waals surface area (Å²) in [5.74, 6) is -0.595. The zero-order valence-electron chi connectivity index (χ0n) is 12.9. The molecule has 1 atom stereocenters. The number of carbonyl (C=O) groups is 2. The second kappa shape index (κ2) is 6.69. The highest BCUT2D eigenvalue weighted by Gasteiger charge is 2.28. The largest absolute Gasteiger partial charge is 0.369 e. The second-order valence-electron chi connectivity index (χ2n) is 6.20. The van der Waals surface area contributed by atoms with E-state index in [9.17, 15) is 14.9 Å². The molecule has 1 fully saturated rings. The van der Waals surface area contributed by atoms with Crippen molar-refractivity contribution in [3.05, 3.63) is 16.0 Å². The maximum atomic E-state index is 12.3. The topological polar surface area (TPSA) is 99.2 Å². The van der Waals surface area contributed by atoms with Crippen molar-refractivity contribution in [3.8, 4) is 6.07 Å². The third kappa shape index (κ3) is 3.38. The van der Waals surface area contributed by atoms with Gasteiger partial charge in [0.2, 0.25) is 11.8 Å². The van der Waals surface area contributed by atoms with Crippen LogP contribution in [0.25, 0.3) is 0 Å². The molecule has 6 nitrogen and oxygen atoms in total. The molecule has 7 heteroatoms. The average Bonchev–Trinajstić information content (AvgIpc) is 3.11. The molecule has 1 aromatic heterocycles. The lowest BCUT2D eigenvalue weighted by molar-refractivity contribution is -0.122. The normalized spacial score (nSPS) is 20.7. The number of nitrogens with two attached hydrogens (primary N) is 1. The maximum absolute atomic E-state index is 12.3. The standard InChI is InChI=1S/C16H20N4O2S/c17-7-12-11-3-1-2-4-13(11)23-16(12)19-14(21)9-20-6-5-10(8-20)15(18)22/h10H,1-6,8-9H2,(H2,18,22)(H,19,21). The Kier molecular flexibility index (Phi) is 4.64. The summed E-state index contributed by atoms with van der Waals surface area (Å²) in [6.07, 6.45) is 4.88. The van der Waals surface area contributed by atoms with E-state index in [1.807, 2.05) is 4.90 Å². The summed E-state index contributed by atoms with van der Waals surface area (Å²) >= 11 is 1.53. The number of hydrogen-bond acceptors (Lipinski definition) is 5. The summed E-state index contributed by atoms with van der Waals surface area (Å²) in [7, 11) is 0. The molecule has 1 aliphatic heterocycles. The molecule has 23 heavy (non-hydrogen) atoms. The van der Waals surface area contributed by atoms with Gasteiger partial charge in [-0.05, 0) is 44.2 Å². The Morgan fingerprint density at radius 2 is 2.17 bits per heavy atom. The zero-order chi connectivity index (χ0) is 16.4. The van der Waals surface area contributed by atoms with Gasteiger partial charge >= 0.3 is 0 Å². The SMILES string of the molecule is N#Cc1c(NC(=O)CN2CCC(C(N)=O)C2)sc2c1CCCC2. The molecule has 0 bridgehead atoms. The van der Waals surface area contributed by atoms with Crippen molar-refractivity contribution in [1.29, 1.82) is 5.26 Å². The Bertz CT molecular complexity index is 676. The number of carbonyl (C=O) groups excluding carboxylic acids is 2. The first-order chi connectivity index (χ1) is 11.1. The number of nitrogens with one attached hydrogen (secondary N) is 1. The Morgan fingerprint density at radius 1 is 1.39 bits per heavy atom. The molecule has 1 unspecified atom stereocenters. The highest BCUT2D eigenvalue weighted by atomic mass is 32.1. The fraction of sp³-hybridized carbons (Fsp3) is 0.562. The van der Waals surface area contributed by atoms with Gasteiger partial charge in [-0.2, -0.15) is 5.26 Å². The first-order valence-corrected chi connectivity index (χ1v) is 8.76. The first kappa shape index (κ1) is 16.0. The van der Waals surface area contributed by atoms with Crippen LogP contribution < -0.4 is 11.1 Å². The number of rotatable bonds is 4. The van der Waals surface area contributed by atoms with E-state index < -0.39 is 0 Å². The van der Waals surface area contributed by atoms with Crippen molar-refractivity contribution in [3.63, 3.8) is 0 Å². The monoisotopic (exact) mass is 332 g/mol. The Balaban J connectivity index is 1.64. The van der Waals surface area contributed by atoms with Crippen molar-refractivity contribution in [2.24, 2.45) is 11.7 Å². The fourth-order valence-corrected chi connectivity index (χ4v) is 4.61. The van der Waals surface area contributed by atoms with Gasteiger partial charge in [0, 0.05) is 11.4 Å². The zero-order valence-corrected chi connectivity index (χ0v) is 13.7. The van der Waals surface area contributed by atoms with Crippen molar-refractivity contribution >= 4 is 28.2 Å². The number of nitrogens with zero attached hydrogens (tertiary/aromatic N) is 2. The lowest BCUT2D eigenvalue weighted by Crippen LogP contribution is -2.33. The molecule has 1 aliphatic carbocycles. The smallest absolute Gasteiger partial charge is 0.239 e. The van der Waals surface area contributed by atoms with Crippen LogP contribution in [0.3, 0.4) is 0 Å². The van der Waals surface area contributed by atoms with Gasteiger partial charge < -0.3 is 11.1 Å². The Hall–Kier alpha value is -1.91. The highest BCUT2D eigenvalue weighted by molar-refractivity contribution is 7.16. The minimum absolute atomic E-state index is 0.134. The van der Waals surface area contributed by atoms with Crippen LogP contribution in [0.1, 0.15) is 35.3 Å². The first-order valence-electron chi connectivity index (χ1n) is 7.94. The predicted molar refractivity (Wildman–Crippen MR) is 88.0 cm³/mol. The fourth-order valence-electron chi connectivity index (χ4n) is 3.35. The van der Waals surface area contributed by atoms with Crippen LogP contribution >= 0.6 is 11.3 Å². The van der Waals surface area contributed by atoms with Gasteiger partial charge in [-0.3, -0.25) is 14.5 Å². The lowest BCUT2D eigenvalue weighted by Gasteiger charge is -2.14. The van der Waals surface area contributed by atoms with Gasteiger partial charge in [0.25, 0.3) is 0 Å². The molecule has 122 valence electrons. The van der Waals surface area contributed by atoms with Crippen molar-refractivity contribution < 1.29 is 9.59 Å². The number of thiophene rings is 1. The van der Waals surface area contributed by atoms with Crippen LogP contribution in [-0.4, -0.2) is 36.3 Å². The van der Waals surface area contributed by atoms with Gasteiger partial charge in [-0.15, -0.1) is 11.3 Å². The third-order valence-corrected chi connectivity index (χ3v) is 5.79. The van der Waals surface area contributed by atoms with Crippen LogP contribution in [0, 0.1) is 17.2 Å². The summed E-state index contributed by atoms with van der Waals surface area (Å²) in [4.78, 5) is 26.6. The maximum Gasteiger partial charge on any atom is 0.239 e. The number of nitriles is 1. The van der Waals surface area contributed by atoms with E-state index in [1.54, 1.807) is 0 Å². The average molecular weight is 332 g/mol. The van der Waals surface area contributed by atoms with Crippen molar-refractivity contribution in [2.75, 3.05) is 25.0 Å². The van der Waals surface area contributed by atoms with E-state index in [0.717, 1.165) is 31.2 Å². The van der Waals surface area contributed by atoms with Crippen LogP contribution in [0.2, 0.25) is 0 Å². The molecule has 0 aromatic carbocycles. The van der Waals surface area contributed by atoms with Crippen LogP contribution in [0.15, 0.2) is 0 Å². The molecular formula is C16H20N4O2S. The third-order valence-electron chi connectivity index (χ3n) is 4.58. The molecular weight excluding hydrogens is 312 g/mol. The Labute approximate surface area is 139 Å². The van der Waals surface area contributed by atoms with E-state index in [1.165, 1.54) is 16.2 Å². The van der Waals surface area contributed by atoms with Crippen molar-refractivity contribution in [1.82, 2.24) is 4.90 Å². The van der Waals surface area contributed by atoms with Crippen LogP contribution in [-0.2, 0) is 22.4 Å². The number of primary amides is 1. The predicted octanol–water partition coefficient (Wildman–Crippen LogP) is 1.24.